The number of rotatable bonds is 5. The van der Waals surface area contributed by atoms with Gasteiger partial charge in [0.05, 0.1) is 17.6 Å². The molecule has 1 fully saturated rings. The van der Waals surface area contributed by atoms with E-state index in [0.717, 1.165) is 19.5 Å². The third-order valence-corrected chi connectivity index (χ3v) is 3.38. The van der Waals surface area contributed by atoms with Crippen LogP contribution in [0.3, 0.4) is 0 Å². The molecule has 4 N–H and O–H groups in total. The van der Waals surface area contributed by atoms with Crippen LogP contribution in [-0.2, 0) is 0 Å². The molecule has 1 heterocycles. The Hall–Kier alpha value is -1.03. The van der Waals surface area contributed by atoms with E-state index in [1.54, 1.807) is 0 Å². The molecule has 16 heavy (non-hydrogen) atoms. The van der Waals surface area contributed by atoms with Crippen LogP contribution in [0.4, 0.5) is 5.69 Å². The fourth-order valence-electron chi connectivity index (χ4n) is 2.46. The second-order valence-electron chi connectivity index (χ2n) is 4.60. The molecule has 90 valence electrons. The lowest BCUT2D eigenvalue weighted by atomic mass is 9.86. The number of aromatic amines is 1. The highest BCUT2D eigenvalue weighted by atomic mass is 15.1. The van der Waals surface area contributed by atoms with E-state index in [1.807, 2.05) is 6.20 Å². The van der Waals surface area contributed by atoms with Crippen LogP contribution < -0.4 is 11.1 Å². The highest BCUT2D eigenvalue weighted by Crippen LogP contribution is 2.34. The smallest absolute Gasteiger partial charge is 0.0759 e. The van der Waals surface area contributed by atoms with E-state index in [1.165, 1.54) is 43.5 Å². The minimum absolute atomic E-state index is 0.677. The first-order valence-electron chi connectivity index (χ1n) is 6.39. The largest absolute Gasteiger partial charge is 0.382 e. The van der Waals surface area contributed by atoms with Crippen LogP contribution in [0.15, 0.2) is 6.20 Å². The molecular weight excluding hydrogens is 200 g/mol. The average molecular weight is 222 g/mol. The number of nitrogens with zero attached hydrogens (tertiary/aromatic N) is 1. The molecular formula is C12H22N4. The summed E-state index contributed by atoms with van der Waals surface area (Å²) in [5.74, 6) is 0.677. The van der Waals surface area contributed by atoms with Gasteiger partial charge in [0.1, 0.15) is 0 Å². The first kappa shape index (κ1) is 11.5. The van der Waals surface area contributed by atoms with Crippen LogP contribution in [0.1, 0.15) is 50.1 Å². The highest BCUT2D eigenvalue weighted by Gasteiger charge is 2.19. The first-order valence-corrected chi connectivity index (χ1v) is 6.39. The van der Waals surface area contributed by atoms with Crippen molar-refractivity contribution in [2.45, 2.75) is 44.4 Å². The summed E-state index contributed by atoms with van der Waals surface area (Å²) in [6, 6.07) is 0. The standard InChI is InChI=1S/C12H22N4/c13-7-4-8-14-11-9-15-16-12(11)10-5-2-1-3-6-10/h9-10,14H,1-8,13H2,(H,15,16). The Bertz CT molecular complexity index is 302. The van der Waals surface area contributed by atoms with Gasteiger partial charge in [0, 0.05) is 12.5 Å². The molecule has 0 aliphatic heterocycles. The van der Waals surface area contributed by atoms with Gasteiger partial charge in [-0.1, -0.05) is 19.3 Å². The molecule has 1 aliphatic carbocycles. The summed E-state index contributed by atoms with van der Waals surface area (Å²) >= 11 is 0. The fraction of sp³-hybridized carbons (Fsp3) is 0.750. The molecule has 0 saturated heterocycles. The molecule has 0 atom stereocenters. The molecule has 1 aliphatic rings. The molecule has 0 unspecified atom stereocenters. The van der Waals surface area contributed by atoms with Crippen molar-refractivity contribution >= 4 is 5.69 Å². The molecule has 1 saturated carbocycles. The number of hydrogen-bond donors (Lipinski definition) is 3. The lowest BCUT2D eigenvalue weighted by molar-refractivity contribution is 0.437. The van der Waals surface area contributed by atoms with E-state index in [9.17, 15) is 0 Å². The summed E-state index contributed by atoms with van der Waals surface area (Å²) < 4.78 is 0. The second kappa shape index (κ2) is 5.89. The Morgan fingerprint density at radius 1 is 1.38 bits per heavy atom. The van der Waals surface area contributed by atoms with E-state index in [2.05, 4.69) is 15.5 Å². The topological polar surface area (TPSA) is 66.7 Å². The van der Waals surface area contributed by atoms with E-state index in [0.29, 0.717) is 5.92 Å². The Morgan fingerprint density at radius 3 is 2.94 bits per heavy atom. The minimum atomic E-state index is 0.677. The van der Waals surface area contributed by atoms with Crippen LogP contribution in [0.25, 0.3) is 0 Å². The maximum absolute atomic E-state index is 5.49. The molecule has 1 aromatic heterocycles. The predicted molar refractivity (Wildman–Crippen MR) is 66.6 cm³/mol. The van der Waals surface area contributed by atoms with Gasteiger partial charge < -0.3 is 11.1 Å². The molecule has 4 heteroatoms. The highest BCUT2D eigenvalue weighted by molar-refractivity contribution is 5.47. The van der Waals surface area contributed by atoms with Crippen molar-refractivity contribution in [1.29, 1.82) is 0 Å². The third kappa shape index (κ3) is 2.76. The maximum atomic E-state index is 5.49. The Kier molecular flexibility index (Phi) is 4.22. The minimum Gasteiger partial charge on any atom is -0.382 e. The van der Waals surface area contributed by atoms with E-state index >= 15 is 0 Å². The van der Waals surface area contributed by atoms with Crippen LogP contribution in [0.2, 0.25) is 0 Å². The lowest BCUT2D eigenvalue weighted by Gasteiger charge is -2.21. The Balaban J connectivity index is 1.94. The monoisotopic (exact) mass is 222 g/mol. The predicted octanol–water partition coefficient (Wildman–Crippen LogP) is 2.22. The zero-order valence-corrected chi connectivity index (χ0v) is 9.84. The quantitative estimate of drug-likeness (QED) is 0.669. The molecule has 4 nitrogen and oxygen atoms in total. The van der Waals surface area contributed by atoms with Gasteiger partial charge in [-0.15, -0.1) is 0 Å². The number of nitrogens with two attached hydrogens (primary N) is 1. The van der Waals surface area contributed by atoms with E-state index < -0.39 is 0 Å². The van der Waals surface area contributed by atoms with Gasteiger partial charge in [0.25, 0.3) is 0 Å². The molecule has 2 rings (SSSR count). The van der Waals surface area contributed by atoms with Gasteiger partial charge in [-0.05, 0) is 25.8 Å². The second-order valence-corrected chi connectivity index (χ2v) is 4.60. The number of nitrogens with one attached hydrogen (secondary N) is 2. The summed E-state index contributed by atoms with van der Waals surface area (Å²) in [5.41, 5.74) is 7.97. The van der Waals surface area contributed by atoms with Crippen LogP contribution >= 0.6 is 0 Å². The summed E-state index contributed by atoms with van der Waals surface area (Å²) in [7, 11) is 0. The summed E-state index contributed by atoms with van der Waals surface area (Å²) in [5, 5.41) is 10.7. The van der Waals surface area contributed by atoms with Crippen molar-refractivity contribution in [1.82, 2.24) is 10.2 Å². The molecule has 0 radical (unpaired) electrons. The van der Waals surface area contributed by atoms with Crippen molar-refractivity contribution in [2.24, 2.45) is 5.73 Å². The SMILES string of the molecule is NCCCNc1cn[nH]c1C1CCCCC1. The third-order valence-electron chi connectivity index (χ3n) is 3.38. The number of H-pyrrole nitrogens is 1. The van der Waals surface area contributed by atoms with Crippen molar-refractivity contribution in [3.8, 4) is 0 Å². The number of aromatic nitrogens is 2. The Labute approximate surface area is 97.0 Å². The van der Waals surface area contributed by atoms with Crippen LogP contribution in [-0.4, -0.2) is 23.3 Å². The summed E-state index contributed by atoms with van der Waals surface area (Å²) in [4.78, 5) is 0. The van der Waals surface area contributed by atoms with Gasteiger partial charge in [0.2, 0.25) is 0 Å². The van der Waals surface area contributed by atoms with Crippen LogP contribution in [0, 0.1) is 0 Å². The number of anilines is 1. The average Bonchev–Trinajstić information content (AvgIpc) is 2.79. The van der Waals surface area contributed by atoms with E-state index in [4.69, 9.17) is 5.73 Å². The maximum Gasteiger partial charge on any atom is 0.0759 e. The molecule has 0 bridgehead atoms. The lowest BCUT2D eigenvalue weighted by Crippen LogP contribution is -2.11. The summed E-state index contributed by atoms with van der Waals surface area (Å²) in [6.45, 7) is 1.68. The molecule has 0 amide bonds. The van der Waals surface area contributed by atoms with Crippen molar-refractivity contribution < 1.29 is 0 Å². The van der Waals surface area contributed by atoms with E-state index in [-0.39, 0.29) is 0 Å². The molecule has 1 aromatic rings. The zero-order valence-electron chi connectivity index (χ0n) is 9.84. The molecule has 0 spiro atoms. The van der Waals surface area contributed by atoms with Gasteiger partial charge in [-0.25, -0.2) is 0 Å². The summed E-state index contributed by atoms with van der Waals surface area (Å²) in [6.07, 6.45) is 9.61. The normalized spacial score (nSPS) is 17.6. The number of hydrogen-bond acceptors (Lipinski definition) is 3. The van der Waals surface area contributed by atoms with Crippen molar-refractivity contribution in [2.75, 3.05) is 18.4 Å². The van der Waals surface area contributed by atoms with Gasteiger partial charge in [0.15, 0.2) is 0 Å². The Morgan fingerprint density at radius 2 is 2.19 bits per heavy atom. The van der Waals surface area contributed by atoms with Crippen molar-refractivity contribution in [3.05, 3.63) is 11.9 Å². The first-order chi connectivity index (χ1) is 7.92. The van der Waals surface area contributed by atoms with Crippen LogP contribution in [0.5, 0.6) is 0 Å². The van der Waals surface area contributed by atoms with Gasteiger partial charge in [-0.2, -0.15) is 5.10 Å². The molecule has 0 aromatic carbocycles. The van der Waals surface area contributed by atoms with Gasteiger partial charge in [-0.3, -0.25) is 5.10 Å². The zero-order chi connectivity index (χ0) is 11.2. The fourth-order valence-corrected chi connectivity index (χ4v) is 2.46. The van der Waals surface area contributed by atoms with Gasteiger partial charge >= 0.3 is 0 Å². The van der Waals surface area contributed by atoms with Crippen molar-refractivity contribution in [3.63, 3.8) is 0 Å².